The minimum Gasteiger partial charge on any atom is -0.341 e. The zero-order chi connectivity index (χ0) is 12.0. The van der Waals surface area contributed by atoms with Crippen LogP contribution in [0, 0.1) is 5.41 Å². The summed E-state index contributed by atoms with van der Waals surface area (Å²) >= 11 is 3.44. The maximum absolute atomic E-state index is 12.6. The van der Waals surface area contributed by atoms with Gasteiger partial charge in [-0.25, -0.2) is 0 Å². The van der Waals surface area contributed by atoms with Crippen LogP contribution in [-0.4, -0.2) is 29.2 Å². The van der Waals surface area contributed by atoms with Crippen LogP contribution in [0.5, 0.6) is 0 Å². The Bertz CT molecular complexity index is 218. The van der Waals surface area contributed by atoms with Gasteiger partial charge in [0.05, 0.1) is 0 Å². The van der Waals surface area contributed by atoms with E-state index < -0.39 is 0 Å². The van der Waals surface area contributed by atoms with Gasteiger partial charge in [0.25, 0.3) is 0 Å². The molecule has 0 N–H and O–H groups in total. The van der Waals surface area contributed by atoms with Crippen LogP contribution in [-0.2, 0) is 4.79 Å². The van der Waals surface area contributed by atoms with Crippen molar-refractivity contribution in [3.63, 3.8) is 0 Å². The minimum absolute atomic E-state index is 0.0165. The third-order valence-electron chi connectivity index (χ3n) is 3.83. The van der Waals surface area contributed by atoms with Crippen LogP contribution in [0.1, 0.15) is 52.4 Å². The van der Waals surface area contributed by atoms with Crippen molar-refractivity contribution in [1.29, 1.82) is 0 Å². The summed E-state index contributed by atoms with van der Waals surface area (Å²) in [5.41, 5.74) is -0.0165. The molecule has 1 rings (SSSR count). The Balaban J connectivity index is 2.70. The van der Waals surface area contributed by atoms with E-state index in [4.69, 9.17) is 0 Å². The topological polar surface area (TPSA) is 20.3 Å². The number of amides is 1. The van der Waals surface area contributed by atoms with Crippen LogP contribution >= 0.6 is 15.9 Å². The highest BCUT2D eigenvalue weighted by atomic mass is 79.9. The molecule has 94 valence electrons. The van der Waals surface area contributed by atoms with Crippen molar-refractivity contribution in [2.75, 3.05) is 18.4 Å². The summed E-state index contributed by atoms with van der Waals surface area (Å²) in [6, 6.07) is 0. The Morgan fingerprint density at radius 3 is 2.31 bits per heavy atom. The van der Waals surface area contributed by atoms with E-state index in [0.29, 0.717) is 5.91 Å². The molecule has 2 nitrogen and oxygen atoms in total. The first-order valence-electron chi connectivity index (χ1n) is 6.55. The number of hydrogen-bond donors (Lipinski definition) is 0. The van der Waals surface area contributed by atoms with E-state index in [2.05, 4.69) is 34.7 Å². The molecule has 16 heavy (non-hydrogen) atoms. The number of rotatable bonds is 6. The molecule has 1 saturated carbocycles. The van der Waals surface area contributed by atoms with E-state index in [1.807, 2.05) is 0 Å². The van der Waals surface area contributed by atoms with E-state index in [1.54, 1.807) is 0 Å². The van der Waals surface area contributed by atoms with Crippen molar-refractivity contribution in [2.45, 2.75) is 52.4 Å². The van der Waals surface area contributed by atoms with Crippen LogP contribution in [0.25, 0.3) is 0 Å². The predicted molar refractivity (Wildman–Crippen MR) is 71.9 cm³/mol. The number of alkyl halides is 1. The first kappa shape index (κ1) is 14.0. The average molecular weight is 290 g/mol. The van der Waals surface area contributed by atoms with Gasteiger partial charge in [0, 0.05) is 23.8 Å². The molecule has 0 aliphatic heterocycles. The first-order chi connectivity index (χ1) is 7.70. The van der Waals surface area contributed by atoms with Crippen molar-refractivity contribution in [2.24, 2.45) is 5.41 Å². The first-order valence-corrected chi connectivity index (χ1v) is 7.67. The Hall–Kier alpha value is -0.0500. The summed E-state index contributed by atoms with van der Waals surface area (Å²) in [6.07, 6.45) is 6.73. The number of nitrogens with zero attached hydrogens (tertiary/aromatic N) is 1. The quantitative estimate of drug-likeness (QED) is 0.685. The molecule has 0 spiro atoms. The van der Waals surface area contributed by atoms with Crippen molar-refractivity contribution in [3.8, 4) is 0 Å². The molecule has 0 unspecified atom stereocenters. The minimum atomic E-state index is -0.0165. The number of carbonyl (C=O) groups excluding carboxylic acids is 1. The normalized spacial score (nSPS) is 18.7. The van der Waals surface area contributed by atoms with Crippen LogP contribution in [0.2, 0.25) is 0 Å². The largest absolute Gasteiger partial charge is 0.341 e. The fraction of sp³-hybridized carbons (Fsp3) is 0.923. The second kappa shape index (κ2) is 6.63. The average Bonchev–Trinajstić information content (AvgIpc) is 2.77. The maximum Gasteiger partial charge on any atom is 0.228 e. The second-order valence-electron chi connectivity index (χ2n) is 4.82. The van der Waals surface area contributed by atoms with Gasteiger partial charge in [-0.05, 0) is 25.7 Å². The molecule has 1 aliphatic rings. The van der Waals surface area contributed by atoms with E-state index in [0.717, 1.165) is 44.1 Å². The fourth-order valence-electron chi connectivity index (χ4n) is 2.79. The number of hydrogen-bond acceptors (Lipinski definition) is 1. The summed E-state index contributed by atoms with van der Waals surface area (Å²) in [5, 5.41) is 0.887. The van der Waals surface area contributed by atoms with Crippen LogP contribution in [0.15, 0.2) is 0 Å². The summed E-state index contributed by atoms with van der Waals surface area (Å²) in [7, 11) is 0. The SMILES string of the molecule is CCCN(CCBr)C(=O)C1(CC)CCCC1. The standard InChI is InChI=1S/C13H24BrNO/c1-3-10-15(11-9-14)12(16)13(4-2)7-5-6-8-13/h3-11H2,1-2H3. The van der Waals surface area contributed by atoms with Gasteiger partial charge in [-0.2, -0.15) is 0 Å². The number of halogens is 1. The van der Waals surface area contributed by atoms with Crippen LogP contribution < -0.4 is 0 Å². The fourth-order valence-corrected chi connectivity index (χ4v) is 3.22. The highest BCUT2D eigenvalue weighted by Crippen LogP contribution is 2.42. The molecular weight excluding hydrogens is 266 g/mol. The lowest BCUT2D eigenvalue weighted by Gasteiger charge is -2.33. The van der Waals surface area contributed by atoms with E-state index >= 15 is 0 Å². The molecule has 0 saturated heterocycles. The second-order valence-corrected chi connectivity index (χ2v) is 5.62. The molecule has 0 aromatic rings. The zero-order valence-electron chi connectivity index (χ0n) is 10.6. The summed E-state index contributed by atoms with van der Waals surface area (Å²) in [4.78, 5) is 14.6. The smallest absolute Gasteiger partial charge is 0.228 e. The summed E-state index contributed by atoms with van der Waals surface area (Å²) in [6.45, 7) is 6.07. The summed E-state index contributed by atoms with van der Waals surface area (Å²) in [5.74, 6) is 0.411. The Morgan fingerprint density at radius 2 is 1.88 bits per heavy atom. The molecule has 0 bridgehead atoms. The molecule has 0 aromatic heterocycles. The lowest BCUT2D eigenvalue weighted by Crippen LogP contribution is -2.43. The van der Waals surface area contributed by atoms with Crippen LogP contribution in [0.4, 0.5) is 0 Å². The molecule has 1 amide bonds. The van der Waals surface area contributed by atoms with Gasteiger partial charge in [0.15, 0.2) is 0 Å². The molecule has 0 heterocycles. The molecule has 0 aromatic carbocycles. The van der Waals surface area contributed by atoms with E-state index in [9.17, 15) is 4.79 Å². The van der Waals surface area contributed by atoms with Crippen molar-refractivity contribution < 1.29 is 4.79 Å². The van der Waals surface area contributed by atoms with Crippen molar-refractivity contribution >= 4 is 21.8 Å². The Labute approximate surface area is 108 Å². The summed E-state index contributed by atoms with van der Waals surface area (Å²) < 4.78 is 0. The Kier molecular flexibility index (Phi) is 5.81. The lowest BCUT2D eigenvalue weighted by molar-refractivity contribution is -0.142. The highest BCUT2D eigenvalue weighted by Gasteiger charge is 2.41. The predicted octanol–water partition coefficient (Wildman–Crippen LogP) is 3.59. The third-order valence-corrected chi connectivity index (χ3v) is 4.18. The molecule has 0 atom stereocenters. The zero-order valence-corrected chi connectivity index (χ0v) is 12.2. The van der Waals surface area contributed by atoms with Gasteiger partial charge in [0.2, 0.25) is 5.91 Å². The third kappa shape index (κ3) is 2.99. The molecule has 0 radical (unpaired) electrons. The van der Waals surface area contributed by atoms with Crippen LogP contribution in [0.3, 0.4) is 0 Å². The maximum atomic E-state index is 12.6. The van der Waals surface area contributed by atoms with Gasteiger partial charge in [-0.1, -0.05) is 42.6 Å². The monoisotopic (exact) mass is 289 g/mol. The Morgan fingerprint density at radius 1 is 1.25 bits per heavy atom. The van der Waals surface area contributed by atoms with Gasteiger partial charge >= 0.3 is 0 Å². The van der Waals surface area contributed by atoms with Gasteiger partial charge in [0.1, 0.15) is 0 Å². The molecule has 3 heteroatoms. The number of carbonyl (C=O) groups is 1. The van der Waals surface area contributed by atoms with Gasteiger partial charge < -0.3 is 4.90 Å². The van der Waals surface area contributed by atoms with Crippen molar-refractivity contribution in [1.82, 2.24) is 4.90 Å². The van der Waals surface area contributed by atoms with E-state index in [1.165, 1.54) is 12.8 Å². The van der Waals surface area contributed by atoms with Crippen molar-refractivity contribution in [3.05, 3.63) is 0 Å². The molecule has 1 fully saturated rings. The van der Waals surface area contributed by atoms with E-state index in [-0.39, 0.29) is 5.41 Å². The van der Waals surface area contributed by atoms with Gasteiger partial charge in [-0.3, -0.25) is 4.79 Å². The highest BCUT2D eigenvalue weighted by molar-refractivity contribution is 9.09. The molecule has 1 aliphatic carbocycles. The lowest BCUT2D eigenvalue weighted by atomic mass is 9.82. The van der Waals surface area contributed by atoms with Gasteiger partial charge in [-0.15, -0.1) is 0 Å². The molecular formula is C13H24BrNO.